The van der Waals surface area contributed by atoms with Crippen molar-refractivity contribution in [2.45, 2.75) is 25.9 Å². The summed E-state index contributed by atoms with van der Waals surface area (Å²) < 4.78 is 1.21. The molecular weight excluding hydrogens is 276 g/mol. The fourth-order valence-electron chi connectivity index (χ4n) is 3.01. The first-order valence-electron chi connectivity index (χ1n) is 6.51. The zero-order chi connectivity index (χ0) is 11.7. The SMILES string of the molecule is Brc1ccc2c(c1)CN(CC1CCCNC1)C2. The van der Waals surface area contributed by atoms with Crippen LogP contribution >= 0.6 is 15.9 Å². The van der Waals surface area contributed by atoms with Crippen LogP contribution in [0.2, 0.25) is 0 Å². The normalized spacial score (nSPS) is 24.9. The van der Waals surface area contributed by atoms with Gasteiger partial charge >= 0.3 is 0 Å². The van der Waals surface area contributed by atoms with E-state index in [4.69, 9.17) is 0 Å². The number of fused-ring (bicyclic) bond motifs is 1. The van der Waals surface area contributed by atoms with E-state index >= 15 is 0 Å². The monoisotopic (exact) mass is 294 g/mol. The molecular formula is C14H19BrN2. The van der Waals surface area contributed by atoms with Crippen LogP contribution in [0.3, 0.4) is 0 Å². The van der Waals surface area contributed by atoms with Crippen molar-refractivity contribution in [3.05, 3.63) is 33.8 Å². The molecule has 1 atom stereocenters. The van der Waals surface area contributed by atoms with Gasteiger partial charge in [-0.1, -0.05) is 22.0 Å². The molecule has 1 aromatic carbocycles. The number of hydrogen-bond donors (Lipinski definition) is 1. The first-order chi connectivity index (χ1) is 8.31. The number of hydrogen-bond acceptors (Lipinski definition) is 2. The number of rotatable bonds is 2. The number of nitrogens with one attached hydrogen (secondary N) is 1. The van der Waals surface area contributed by atoms with Gasteiger partial charge in [0.05, 0.1) is 0 Å². The third-order valence-corrected chi connectivity index (χ3v) is 4.36. The molecule has 2 aliphatic rings. The van der Waals surface area contributed by atoms with E-state index in [0.29, 0.717) is 0 Å². The minimum absolute atomic E-state index is 0.849. The van der Waals surface area contributed by atoms with E-state index < -0.39 is 0 Å². The number of nitrogens with zero attached hydrogens (tertiary/aromatic N) is 1. The minimum atomic E-state index is 0.849. The quantitative estimate of drug-likeness (QED) is 0.902. The van der Waals surface area contributed by atoms with Crippen LogP contribution in [0.4, 0.5) is 0 Å². The molecule has 2 nitrogen and oxygen atoms in total. The molecule has 0 aromatic heterocycles. The Bertz CT molecular complexity index is 399. The summed E-state index contributed by atoms with van der Waals surface area (Å²) in [7, 11) is 0. The van der Waals surface area contributed by atoms with Crippen molar-refractivity contribution in [1.29, 1.82) is 0 Å². The third kappa shape index (κ3) is 2.72. The summed E-state index contributed by atoms with van der Waals surface area (Å²) >= 11 is 3.55. The molecule has 1 fully saturated rings. The lowest BCUT2D eigenvalue weighted by Gasteiger charge is -2.27. The summed E-state index contributed by atoms with van der Waals surface area (Å²) in [6.45, 7) is 5.93. The Morgan fingerprint density at radius 2 is 2.18 bits per heavy atom. The zero-order valence-corrected chi connectivity index (χ0v) is 11.7. The largest absolute Gasteiger partial charge is 0.316 e. The summed E-state index contributed by atoms with van der Waals surface area (Å²) in [4.78, 5) is 2.59. The molecule has 1 unspecified atom stereocenters. The van der Waals surface area contributed by atoms with Crippen molar-refractivity contribution in [3.63, 3.8) is 0 Å². The summed E-state index contributed by atoms with van der Waals surface area (Å²) in [5.41, 5.74) is 3.01. The number of benzene rings is 1. The van der Waals surface area contributed by atoms with Gasteiger partial charge in [-0.05, 0) is 55.1 Å². The molecule has 1 N–H and O–H groups in total. The van der Waals surface area contributed by atoms with Crippen LogP contribution in [0.25, 0.3) is 0 Å². The third-order valence-electron chi connectivity index (χ3n) is 3.87. The molecule has 0 saturated carbocycles. The highest BCUT2D eigenvalue weighted by Crippen LogP contribution is 2.27. The Kier molecular flexibility index (Phi) is 3.50. The lowest BCUT2D eigenvalue weighted by molar-refractivity contribution is 0.211. The summed E-state index contributed by atoms with van der Waals surface area (Å²) in [5.74, 6) is 0.849. The van der Waals surface area contributed by atoms with E-state index in [2.05, 4.69) is 44.3 Å². The molecule has 1 saturated heterocycles. The molecule has 0 aliphatic carbocycles. The van der Waals surface area contributed by atoms with Crippen LogP contribution in [0, 0.1) is 5.92 Å². The minimum Gasteiger partial charge on any atom is -0.316 e. The van der Waals surface area contributed by atoms with E-state index in [-0.39, 0.29) is 0 Å². The Balaban J connectivity index is 1.61. The van der Waals surface area contributed by atoms with Gasteiger partial charge < -0.3 is 5.32 Å². The second-order valence-electron chi connectivity index (χ2n) is 5.30. The fourth-order valence-corrected chi connectivity index (χ4v) is 3.42. The highest BCUT2D eigenvalue weighted by Gasteiger charge is 2.22. The number of halogens is 1. The molecule has 92 valence electrons. The van der Waals surface area contributed by atoms with Crippen molar-refractivity contribution < 1.29 is 0 Å². The van der Waals surface area contributed by atoms with Gasteiger partial charge in [0.2, 0.25) is 0 Å². The predicted molar refractivity (Wildman–Crippen MR) is 73.8 cm³/mol. The molecule has 2 aliphatic heterocycles. The lowest BCUT2D eigenvalue weighted by atomic mass is 9.99. The highest BCUT2D eigenvalue weighted by atomic mass is 79.9. The Hall–Kier alpha value is -0.380. The summed E-state index contributed by atoms with van der Waals surface area (Å²) in [6.07, 6.45) is 2.74. The van der Waals surface area contributed by atoms with Gasteiger partial charge in [0.15, 0.2) is 0 Å². The van der Waals surface area contributed by atoms with Crippen molar-refractivity contribution in [3.8, 4) is 0 Å². The Morgan fingerprint density at radius 3 is 3.00 bits per heavy atom. The standard InChI is InChI=1S/C14H19BrN2/c15-14-4-3-12-9-17(10-13(12)6-14)8-11-2-1-5-16-7-11/h3-4,6,11,16H,1-2,5,7-10H2. The van der Waals surface area contributed by atoms with Gasteiger partial charge in [0.1, 0.15) is 0 Å². The molecule has 0 radical (unpaired) electrons. The second kappa shape index (κ2) is 5.09. The van der Waals surface area contributed by atoms with Gasteiger partial charge in [-0.15, -0.1) is 0 Å². The van der Waals surface area contributed by atoms with Crippen LogP contribution in [0.5, 0.6) is 0 Å². The van der Waals surface area contributed by atoms with Crippen LogP contribution in [0.1, 0.15) is 24.0 Å². The van der Waals surface area contributed by atoms with Crippen molar-refractivity contribution >= 4 is 15.9 Å². The van der Waals surface area contributed by atoms with Gasteiger partial charge in [-0.3, -0.25) is 4.90 Å². The molecule has 3 heteroatoms. The lowest BCUT2D eigenvalue weighted by Crippen LogP contribution is -2.36. The number of piperidine rings is 1. The smallest absolute Gasteiger partial charge is 0.0241 e. The Morgan fingerprint density at radius 1 is 1.29 bits per heavy atom. The maximum Gasteiger partial charge on any atom is 0.0241 e. The van der Waals surface area contributed by atoms with E-state index in [0.717, 1.165) is 19.0 Å². The van der Waals surface area contributed by atoms with Gasteiger partial charge in [0, 0.05) is 24.1 Å². The second-order valence-corrected chi connectivity index (χ2v) is 6.21. The molecule has 17 heavy (non-hydrogen) atoms. The highest BCUT2D eigenvalue weighted by molar-refractivity contribution is 9.10. The van der Waals surface area contributed by atoms with Crippen LogP contribution < -0.4 is 5.32 Å². The Labute approximate surface area is 112 Å². The summed E-state index contributed by atoms with van der Waals surface area (Å²) in [6, 6.07) is 6.69. The average molecular weight is 295 g/mol. The van der Waals surface area contributed by atoms with E-state index in [1.807, 2.05) is 0 Å². The van der Waals surface area contributed by atoms with E-state index in [1.54, 1.807) is 0 Å². The molecule has 3 rings (SSSR count). The maximum atomic E-state index is 3.55. The first kappa shape index (κ1) is 11.7. The summed E-state index contributed by atoms with van der Waals surface area (Å²) in [5, 5.41) is 3.50. The predicted octanol–water partition coefficient (Wildman–Crippen LogP) is 2.76. The zero-order valence-electron chi connectivity index (χ0n) is 10.1. The van der Waals surface area contributed by atoms with E-state index in [9.17, 15) is 0 Å². The molecule has 0 bridgehead atoms. The molecule has 0 spiro atoms. The van der Waals surface area contributed by atoms with Gasteiger partial charge in [-0.2, -0.15) is 0 Å². The van der Waals surface area contributed by atoms with Crippen molar-refractivity contribution in [2.75, 3.05) is 19.6 Å². The van der Waals surface area contributed by atoms with Crippen LogP contribution in [0.15, 0.2) is 22.7 Å². The van der Waals surface area contributed by atoms with E-state index in [1.165, 1.54) is 48.1 Å². The molecule has 0 amide bonds. The fraction of sp³-hybridized carbons (Fsp3) is 0.571. The van der Waals surface area contributed by atoms with Crippen molar-refractivity contribution in [1.82, 2.24) is 10.2 Å². The molecule has 1 aromatic rings. The molecule has 2 heterocycles. The van der Waals surface area contributed by atoms with Crippen LogP contribution in [-0.4, -0.2) is 24.5 Å². The first-order valence-corrected chi connectivity index (χ1v) is 7.31. The van der Waals surface area contributed by atoms with Crippen molar-refractivity contribution in [2.24, 2.45) is 5.92 Å². The average Bonchev–Trinajstić information content (AvgIpc) is 2.71. The topological polar surface area (TPSA) is 15.3 Å². The van der Waals surface area contributed by atoms with Gasteiger partial charge in [-0.25, -0.2) is 0 Å². The maximum absolute atomic E-state index is 3.55. The van der Waals surface area contributed by atoms with Crippen LogP contribution in [-0.2, 0) is 13.1 Å². The van der Waals surface area contributed by atoms with Gasteiger partial charge in [0.25, 0.3) is 0 Å².